The van der Waals surface area contributed by atoms with Gasteiger partial charge in [0.25, 0.3) is 5.91 Å². The van der Waals surface area contributed by atoms with Crippen LogP contribution in [0, 0.1) is 5.92 Å². The number of amides is 1. The molecule has 1 aliphatic heterocycles. The molecule has 1 amide bonds. The standard InChI is InChI=1S/C16H22N2O4/c1-10(2)7-8-21-16(20)11(3)18-14(19)9-22-13-6-4-5-12(17)15(13)18/h4-6,10-11H,7-9,17H2,1-3H3. The Kier molecular flexibility index (Phi) is 4.90. The van der Waals surface area contributed by atoms with Crippen molar-refractivity contribution in [3.63, 3.8) is 0 Å². The van der Waals surface area contributed by atoms with Gasteiger partial charge in [0.2, 0.25) is 0 Å². The van der Waals surface area contributed by atoms with E-state index < -0.39 is 12.0 Å². The van der Waals surface area contributed by atoms with E-state index in [9.17, 15) is 9.59 Å². The molecule has 0 saturated heterocycles. The number of para-hydroxylation sites is 1. The first-order valence-corrected chi connectivity index (χ1v) is 7.41. The van der Waals surface area contributed by atoms with E-state index in [2.05, 4.69) is 13.8 Å². The molecule has 1 aromatic carbocycles. The van der Waals surface area contributed by atoms with Gasteiger partial charge in [-0.1, -0.05) is 19.9 Å². The van der Waals surface area contributed by atoms with Crippen molar-refractivity contribution >= 4 is 23.3 Å². The summed E-state index contributed by atoms with van der Waals surface area (Å²) in [6, 6.07) is 4.40. The minimum absolute atomic E-state index is 0.111. The molecule has 2 rings (SSSR count). The summed E-state index contributed by atoms with van der Waals surface area (Å²) in [5.41, 5.74) is 6.78. The molecular weight excluding hydrogens is 284 g/mol. The molecule has 22 heavy (non-hydrogen) atoms. The lowest BCUT2D eigenvalue weighted by molar-refractivity contribution is -0.146. The molecule has 1 aromatic rings. The molecule has 0 aliphatic carbocycles. The number of carbonyl (C=O) groups excluding carboxylic acids is 2. The van der Waals surface area contributed by atoms with Crippen molar-refractivity contribution in [3.05, 3.63) is 18.2 Å². The summed E-state index contributed by atoms with van der Waals surface area (Å²) < 4.78 is 10.6. The van der Waals surface area contributed by atoms with Gasteiger partial charge in [-0.3, -0.25) is 9.69 Å². The van der Waals surface area contributed by atoms with Crippen LogP contribution < -0.4 is 15.4 Å². The number of ether oxygens (including phenoxy) is 2. The molecule has 0 aromatic heterocycles. The van der Waals surface area contributed by atoms with Crippen LogP contribution in [-0.2, 0) is 14.3 Å². The van der Waals surface area contributed by atoms with E-state index >= 15 is 0 Å². The van der Waals surface area contributed by atoms with Crippen LogP contribution in [0.2, 0.25) is 0 Å². The monoisotopic (exact) mass is 306 g/mol. The van der Waals surface area contributed by atoms with Gasteiger partial charge in [-0.2, -0.15) is 0 Å². The highest BCUT2D eigenvalue weighted by Crippen LogP contribution is 2.38. The molecule has 0 fully saturated rings. The molecular formula is C16H22N2O4. The van der Waals surface area contributed by atoms with Crippen molar-refractivity contribution in [2.45, 2.75) is 33.2 Å². The van der Waals surface area contributed by atoms with Crippen molar-refractivity contribution in [3.8, 4) is 5.75 Å². The van der Waals surface area contributed by atoms with Gasteiger partial charge in [-0.05, 0) is 31.4 Å². The number of nitrogens with two attached hydrogens (primary N) is 1. The van der Waals surface area contributed by atoms with Crippen LogP contribution >= 0.6 is 0 Å². The number of rotatable bonds is 5. The summed E-state index contributed by atoms with van der Waals surface area (Å²) in [6.07, 6.45) is 0.786. The zero-order valence-corrected chi connectivity index (χ0v) is 13.2. The van der Waals surface area contributed by atoms with Gasteiger partial charge in [0.05, 0.1) is 12.3 Å². The largest absolute Gasteiger partial charge is 0.481 e. The molecule has 6 nitrogen and oxygen atoms in total. The Hall–Kier alpha value is -2.24. The minimum Gasteiger partial charge on any atom is -0.481 e. The number of nitrogen functional groups attached to an aromatic ring is 1. The average molecular weight is 306 g/mol. The zero-order chi connectivity index (χ0) is 16.3. The number of esters is 1. The maximum absolute atomic E-state index is 12.2. The van der Waals surface area contributed by atoms with Gasteiger partial charge >= 0.3 is 5.97 Å². The van der Waals surface area contributed by atoms with Crippen molar-refractivity contribution in [1.82, 2.24) is 0 Å². The second-order valence-electron chi connectivity index (χ2n) is 5.77. The topological polar surface area (TPSA) is 81.9 Å². The maximum Gasteiger partial charge on any atom is 0.328 e. The summed E-state index contributed by atoms with van der Waals surface area (Å²) >= 11 is 0. The molecule has 0 saturated carbocycles. The van der Waals surface area contributed by atoms with Crippen LogP contribution in [-0.4, -0.2) is 31.1 Å². The maximum atomic E-state index is 12.2. The predicted octanol–water partition coefficient (Wildman–Crippen LogP) is 1.97. The van der Waals surface area contributed by atoms with E-state index in [0.29, 0.717) is 29.6 Å². The van der Waals surface area contributed by atoms with Gasteiger partial charge in [0.15, 0.2) is 6.61 Å². The lowest BCUT2D eigenvalue weighted by Crippen LogP contribution is -2.49. The molecule has 1 aliphatic rings. The third kappa shape index (κ3) is 3.32. The Morgan fingerprint density at radius 1 is 1.41 bits per heavy atom. The van der Waals surface area contributed by atoms with Gasteiger partial charge in [0, 0.05) is 0 Å². The number of anilines is 2. The quantitative estimate of drug-likeness (QED) is 0.664. The third-order valence-corrected chi connectivity index (χ3v) is 3.56. The van der Waals surface area contributed by atoms with Gasteiger partial charge in [-0.15, -0.1) is 0 Å². The summed E-state index contributed by atoms with van der Waals surface area (Å²) in [5.74, 6) is 0.203. The van der Waals surface area contributed by atoms with Crippen molar-refractivity contribution in [2.75, 3.05) is 23.8 Å². The lowest BCUT2D eigenvalue weighted by atomic mass is 10.1. The third-order valence-electron chi connectivity index (χ3n) is 3.56. The molecule has 120 valence electrons. The zero-order valence-electron chi connectivity index (χ0n) is 13.2. The normalized spacial score (nSPS) is 15.3. The van der Waals surface area contributed by atoms with E-state index in [1.165, 1.54) is 4.90 Å². The molecule has 6 heteroatoms. The van der Waals surface area contributed by atoms with Gasteiger partial charge in [0.1, 0.15) is 17.5 Å². The first-order valence-electron chi connectivity index (χ1n) is 7.41. The highest BCUT2D eigenvalue weighted by molar-refractivity contribution is 6.05. The Morgan fingerprint density at radius 2 is 2.14 bits per heavy atom. The van der Waals surface area contributed by atoms with Gasteiger partial charge < -0.3 is 15.2 Å². The highest BCUT2D eigenvalue weighted by Gasteiger charge is 2.35. The summed E-state index contributed by atoms with van der Waals surface area (Å²) in [7, 11) is 0. The van der Waals surface area contributed by atoms with Crippen molar-refractivity contribution in [1.29, 1.82) is 0 Å². The van der Waals surface area contributed by atoms with E-state index in [4.69, 9.17) is 15.2 Å². The number of fused-ring (bicyclic) bond motifs is 1. The first kappa shape index (κ1) is 16.1. The molecule has 2 N–H and O–H groups in total. The summed E-state index contributed by atoms with van der Waals surface area (Å²) in [4.78, 5) is 25.7. The second-order valence-corrected chi connectivity index (χ2v) is 5.77. The first-order chi connectivity index (χ1) is 10.4. The number of hydrogen-bond acceptors (Lipinski definition) is 5. The van der Waals surface area contributed by atoms with Crippen LogP contribution in [0.1, 0.15) is 27.2 Å². The van der Waals surface area contributed by atoms with E-state index in [0.717, 1.165) is 6.42 Å². The predicted molar refractivity (Wildman–Crippen MR) is 83.7 cm³/mol. The Bertz CT molecular complexity index is 571. The summed E-state index contributed by atoms with van der Waals surface area (Å²) in [6.45, 7) is 5.98. The smallest absolute Gasteiger partial charge is 0.328 e. The number of carbonyl (C=O) groups is 2. The Morgan fingerprint density at radius 3 is 2.82 bits per heavy atom. The van der Waals surface area contributed by atoms with Crippen LogP contribution in [0.3, 0.4) is 0 Å². The lowest BCUT2D eigenvalue weighted by Gasteiger charge is -2.33. The molecule has 1 atom stereocenters. The molecule has 0 bridgehead atoms. The molecule has 1 heterocycles. The molecule has 0 radical (unpaired) electrons. The molecule has 0 spiro atoms. The van der Waals surface area contributed by atoms with E-state index in [1.807, 2.05) is 0 Å². The van der Waals surface area contributed by atoms with Crippen LogP contribution in [0.15, 0.2) is 18.2 Å². The van der Waals surface area contributed by atoms with Crippen molar-refractivity contribution in [2.24, 2.45) is 5.92 Å². The summed E-state index contributed by atoms with van der Waals surface area (Å²) in [5, 5.41) is 0. The Labute approximate surface area is 130 Å². The highest BCUT2D eigenvalue weighted by atomic mass is 16.5. The SMILES string of the molecule is CC(C)CCOC(=O)C(C)N1C(=O)COc2cccc(N)c21. The van der Waals surface area contributed by atoms with Gasteiger partial charge in [-0.25, -0.2) is 4.79 Å². The second kappa shape index (κ2) is 6.68. The fourth-order valence-corrected chi connectivity index (χ4v) is 2.28. The van der Waals surface area contributed by atoms with Crippen LogP contribution in [0.4, 0.5) is 11.4 Å². The molecule has 1 unspecified atom stereocenters. The van der Waals surface area contributed by atoms with E-state index in [-0.39, 0.29) is 12.5 Å². The van der Waals surface area contributed by atoms with Crippen LogP contribution in [0.25, 0.3) is 0 Å². The van der Waals surface area contributed by atoms with E-state index in [1.54, 1.807) is 25.1 Å². The average Bonchev–Trinajstić information content (AvgIpc) is 2.46. The number of hydrogen-bond donors (Lipinski definition) is 1. The number of benzene rings is 1. The Balaban J connectivity index is 2.17. The number of nitrogens with zero attached hydrogens (tertiary/aromatic N) is 1. The fourth-order valence-electron chi connectivity index (χ4n) is 2.28. The van der Waals surface area contributed by atoms with Crippen molar-refractivity contribution < 1.29 is 19.1 Å². The minimum atomic E-state index is -0.744. The van der Waals surface area contributed by atoms with Crippen LogP contribution in [0.5, 0.6) is 5.75 Å². The fraction of sp³-hybridized carbons (Fsp3) is 0.500.